The van der Waals surface area contributed by atoms with Crippen LogP contribution in [0.3, 0.4) is 0 Å². The molecule has 0 saturated heterocycles. The van der Waals surface area contributed by atoms with Gasteiger partial charge >= 0.3 is 0 Å². The summed E-state index contributed by atoms with van der Waals surface area (Å²) in [4.78, 5) is 0. The first-order valence-corrected chi connectivity index (χ1v) is 11.1. The molecule has 0 aliphatic heterocycles. The normalized spacial score (nSPS) is 11.6. The van der Waals surface area contributed by atoms with Crippen LogP contribution in [0.15, 0.2) is 34.5 Å². The Morgan fingerprint density at radius 2 is 1.34 bits per heavy atom. The van der Waals surface area contributed by atoms with E-state index in [1.165, 1.54) is 0 Å². The SMILES string of the molecule is CCNC(=S)N/N=C(CC)/C(CC)=N/NC(=S)NCc1ccc(-c2nnc(C)nn2)cc1. The van der Waals surface area contributed by atoms with Gasteiger partial charge in [-0.1, -0.05) is 38.1 Å². The fourth-order valence-electron chi connectivity index (χ4n) is 2.52. The molecule has 12 heteroatoms. The quantitative estimate of drug-likeness (QED) is 0.245. The summed E-state index contributed by atoms with van der Waals surface area (Å²) in [6.07, 6.45) is 1.41. The molecule has 0 spiro atoms. The van der Waals surface area contributed by atoms with Crippen LogP contribution in [-0.4, -0.2) is 48.6 Å². The first kappa shape index (κ1) is 25.1. The van der Waals surface area contributed by atoms with Crippen molar-refractivity contribution in [1.82, 2.24) is 41.9 Å². The number of hydrazone groups is 2. The monoisotopic (exact) mass is 472 g/mol. The Labute approximate surface area is 198 Å². The number of thiocarbonyl (C=S) groups is 2. The van der Waals surface area contributed by atoms with Crippen LogP contribution in [0.1, 0.15) is 45.0 Å². The van der Waals surface area contributed by atoms with Crippen molar-refractivity contribution in [2.24, 2.45) is 10.2 Å². The lowest BCUT2D eigenvalue weighted by Crippen LogP contribution is -2.34. The van der Waals surface area contributed by atoms with Gasteiger partial charge < -0.3 is 10.6 Å². The van der Waals surface area contributed by atoms with Crippen LogP contribution in [0.25, 0.3) is 11.4 Å². The lowest BCUT2D eigenvalue weighted by molar-refractivity contribution is 0.815. The topological polar surface area (TPSA) is 124 Å². The summed E-state index contributed by atoms with van der Waals surface area (Å²) in [6.45, 7) is 9.01. The van der Waals surface area contributed by atoms with Crippen molar-refractivity contribution in [3.8, 4) is 11.4 Å². The molecule has 0 aliphatic carbocycles. The van der Waals surface area contributed by atoms with Gasteiger partial charge in [0.2, 0.25) is 5.82 Å². The molecular weight excluding hydrogens is 444 g/mol. The molecule has 0 fully saturated rings. The van der Waals surface area contributed by atoms with Crippen molar-refractivity contribution < 1.29 is 0 Å². The van der Waals surface area contributed by atoms with E-state index in [2.05, 4.69) is 52.1 Å². The molecule has 0 unspecified atom stereocenters. The summed E-state index contributed by atoms with van der Waals surface area (Å²) in [6, 6.07) is 7.78. The largest absolute Gasteiger partial charge is 0.362 e. The minimum Gasteiger partial charge on any atom is -0.362 e. The van der Waals surface area contributed by atoms with Gasteiger partial charge in [-0.25, -0.2) is 0 Å². The van der Waals surface area contributed by atoms with Crippen LogP contribution in [0.2, 0.25) is 0 Å². The fraction of sp³-hybridized carbons (Fsp3) is 0.400. The Hall–Kier alpha value is -3.12. The second kappa shape index (κ2) is 13.3. The number of benzene rings is 1. The van der Waals surface area contributed by atoms with Crippen LogP contribution >= 0.6 is 24.4 Å². The maximum atomic E-state index is 5.35. The number of nitrogens with one attached hydrogen (secondary N) is 4. The number of hydrogen-bond donors (Lipinski definition) is 4. The highest BCUT2D eigenvalue weighted by atomic mass is 32.1. The molecule has 0 aliphatic rings. The van der Waals surface area contributed by atoms with Crippen LogP contribution in [0.4, 0.5) is 0 Å². The van der Waals surface area contributed by atoms with Gasteiger partial charge in [-0.2, -0.15) is 10.2 Å². The van der Waals surface area contributed by atoms with Crippen molar-refractivity contribution >= 4 is 46.1 Å². The van der Waals surface area contributed by atoms with Crippen molar-refractivity contribution in [2.75, 3.05) is 6.54 Å². The van der Waals surface area contributed by atoms with Crippen molar-refractivity contribution in [3.63, 3.8) is 0 Å². The molecule has 0 bridgehead atoms. The molecule has 0 radical (unpaired) electrons. The molecule has 2 aromatic rings. The van der Waals surface area contributed by atoms with Crippen LogP contribution in [0, 0.1) is 6.92 Å². The molecule has 10 nitrogen and oxygen atoms in total. The molecule has 0 atom stereocenters. The number of rotatable bonds is 9. The summed E-state index contributed by atoms with van der Waals surface area (Å²) in [5.74, 6) is 1.03. The summed E-state index contributed by atoms with van der Waals surface area (Å²) < 4.78 is 0. The number of aromatic nitrogens is 4. The van der Waals surface area contributed by atoms with E-state index in [4.69, 9.17) is 24.4 Å². The molecule has 1 heterocycles. The third-order valence-corrected chi connectivity index (χ3v) is 4.64. The molecule has 2 rings (SSSR count). The fourth-order valence-corrected chi connectivity index (χ4v) is 2.83. The molecule has 1 aromatic carbocycles. The zero-order valence-electron chi connectivity index (χ0n) is 18.6. The maximum Gasteiger partial charge on any atom is 0.203 e. The molecule has 1 aromatic heterocycles. The Balaban J connectivity index is 1.90. The Morgan fingerprint density at radius 3 is 1.84 bits per heavy atom. The number of aryl methyl sites for hydroxylation is 1. The van der Waals surface area contributed by atoms with E-state index in [0.29, 0.717) is 41.3 Å². The molecule has 0 saturated carbocycles. The van der Waals surface area contributed by atoms with Gasteiger partial charge in [0.05, 0.1) is 11.4 Å². The first-order chi connectivity index (χ1) is 15.5. The molecule has 32 heavy (non-hydrogen) atoms. The Kier molecular flexibility index (Phi) is 10.5. The van der Waals surface area contributed by atoms with E-state index < -0.39 is 0 Å². The predicted octanol–water partition coefficient (Wildman–Crippen LogP) is 2.22. The van der Waals surface area contributed by atoms with Gasteiger partial charge in [0, 0.05) is 18.7 Å². The molecule has 4 N–H and O–H groups in total. The Bertz CT molecular complexity index is 955. The third kappa shape index (κ3) is 8.19. The average Bonchev–Trinajstić information content (AvgIpc) is 2.81. The van der Waals surface area contributed by atoms with Crippen LogP contribution in [0.5, 0.6) is 0 Å². The highest BCUT2D eigenvalue weighted by molar-refractivity contribution is 7.80. The van der Waals surface area contributed by atoms with E-state index in [9.17, 15) is 0 Å². The van der Waals surface area contributed by atoms with Gasteiger partial charge in [-0.05, 0) is 56.7 Å². The van der Waals surface area contributed by atoms with Gasteiger partial charge in [-0.3, -0.25) is 10.9 Å². The van der Waals surface area contributed by atoms with Crippen molar-refractivity contribution in [2.45, 2.75) is 47.1 Å². The zero-order chi connectivity index (χ0) is 23.3. The number of hydrogen-bond acceptors (Lipinski definition) is 8. The predicted molar refractivity (Wildman–Crippen MR) is 135 cm³/mol. The average molecular weight is 473 g/mol. The summed E-state index contributed by atoms with van der Waals surface area (Å²) in [7, 11) is 0. The third-order valence-electron chi connectivity index (χ3n) is 4.17. The van der Waals surface area contributed by atoms with E-state index in [0.717, 1.165) is 29.1 Å². The lowest BCUT2D eigenvalue weighted by Gasteiger charge is -2.11. The van der Waals surface area contributed by atoms with Gasteiger partial charge in [0.15, 0.2) is 16.0 Å². The first-order valence-electron chi connectivity index (χ1n) is 10.3. The smallest absolute Gasteiger partial charge is 0.203 e. The van der Waals surface area contributed by atoms with Gasteiger partial charge in [0.1, 0.15) is 0 Å². The van der Waals surface area contributed by atoms with Crippen LogP contribution < -0.4 is 21.5 Å². The molecular formula is C20H28N10S2. The van der Waals surface area contributed by atoms with Crippen LogP contribution in [-0.2, 0) is 6.54 Å². The van der Waals surface area contributed by atoms with Crippen molar-refractivity contribution in [3.05, 3.63) is 35.7 Å². The highest BCUT2D eigenvalue weighted by Gasteiger charge is 2.07. The second-order valence-corrected chi connectivity index (χ2v) is 7.37. The van der Waals surface area contributed by atoms with E-state index in [1.54, 1.807) is 6.92 Å². The van der Waals surface area contributed by atoms with Gasteiger partial charge in [-0.15, -0.1) is 20.4 Å². The lowest BCUT2D eigenvalue weighted by atomic mass is 10.1. The summed E-state index contributed by atoms with van der Waals surface area (Å²) >= 11 is 10.5. The minimum absolute atomic E-state index is 0.418. The number of nitrogens with zero attached hydrogens (tertiary/aromatic N) is 6. The highest BCUT2D eigenvalue weighted by Crippen LogP contribution is 2.13. The van der Waals surface area contributed by atoms with E-state index in [-0.39, 0.29) is 0 Å². The van der Waals surface area contributed by atoms with E-state index >= 15 is 0 Å². The maximum absolute atomic E-state index is 5.35. The summed E-state index contributed by atoms with van der Waals surface area (Å²) in [5, 5.41) is 31.7. The standard InChI is InChI=1S/C20H28N10S2/c1-5-16(25-29-19(31)21-7-3)17(6-2)26-30-20(32)22-12-14-8-10-15(11-9-14)18-27-23-13(4)24-28-18/h8-11H,5-7,12H2,1-4H3,(H2,21,29,31)(H2,22,30,32)/b25-16+,26-17+. The minimum atomic E-state index is 0.418. The van der Waals surface area contributed by atoms with Crippen molar-refractivity contribution in [1.29, 1.82) is 0 Å². The summed E-state index contributed by atoms with van der Waals surface area (Å²) in [5.41, 5.74) is 9.22. The zero-order valence-corrected chi connectivity index (χ0v) is 20.3. The second-order valence-electron chi connectivity index (χ2n) is 6.56. The molecule has 170 valence electrons. The Morgan fingerprint density at radius 1 is 0.812 bits per heavy atom. The molecule has 0 amide bonds. The van der Waals surface area contributed by atoms with Gasteiger partial charge in [0.25, 0.3) is 0 Å². The van der Waals surface area contributed by atoms with E-state index in [1.807, 2.05) is 45.0 Å².